The molecule has 1 nitrogen and oxygen atoms in total. The van der Waals surface area contributed by atoms with Gasteiger partial charge in [-0.1, -0.05) is 17.7 Å². The molecule has 1 aromatic heterocycles. The lowest BCUT2D eigenvalue weighted by atomic mass is 10.0. The van der Waals surface area contributed by atoms with Gasteiger partial charge in [0.2, 0.25) is 0 Å². The van der Waals surface area contributed by atoms with E-state index in [4.69, 9.17) is 11.6 Å². The van der Waals surface area contributed by atoms with Gasteiger partial charge in [-0.25, -0.2) is 4.39 Å². The van der Waals surface area contributed by atoms with Crippen molar-refractivity contribution >= 4 is 45.5 Å². The molecule has 1 N–H and O–H groups in total. The van der Waals surface area contributed by atoms with Gasteiger partial charge in [-0.2, -0.15) is 0 Å². The first kappa shape index (κ1) is 13.3. The SMILES string of the molecule is CNC(c1csc(I)c1)c1ccc(Cl)cc1F. The van der Waals surface area contributed by atoms with Gasteiger partial charge in [-0.15, -0.1) is 11.3 Å². The average molecular weight is 382 g/mol. The third-order valence-corrected chi connectivity index (χ3v) is 4.53. The molecule has 0 bridgehead atoms. The maximum Gasteiger partial charge on any atom is 0.129 e. The van der Waals surface area contributed by atoms with Crippen LogP contribution < -0.4 is 5.32 Å². The normalized spacial score (nSPS) is 12.7. The molecule has 90 valence electrons. The minimum atomic E-state index is -0.280. The Morgan fingerprint density at radius 3 is 2.71 bits per heavy atom. The van der Waals surface area contributed by atoms with E-state index in [0.29, 0.717) is 10.6 Å². The van der Waals surface area contributed by atoms with Crippen LogP contribution in [0.1, 0.15) is 17.2 Å². The van der Waals surface area contributed by atoms with E-state index in [1.165, 1.54) is 8.95 Å². The lowest BCUT2D eigenvalue weighted by Gasteiger charge is -2.16. The van der Waals surface area contributed by atoms with Crippen molar-refractivity contribution in [1.29, 1.82) is 0 Å². The number of hydrogen-bond donors (Lipinski definition) is 1. The number of nitrogens with one attached hydrogen (secondary N) is 1. The molecule has 0 aliphatic rings. The second-order valence-electron chi connectivity index (χ2n) is 3.57. The van der Waals surface area contributed by atoms with Crippen molar-refractivity contribution < 1.29 is 4.39 Å². The molecule has 1 aromatic carbocycles. The lowest BCUT2D eigenvalue weighted by molar-refractivity contribution is 0.577. The molecule has 1 unspecified atom stereocenters. The molecule has 0 amide bonds. The quantitative estimate of drug-likeness (QED) is 0.774. The summed E-state index contributed by atoms with van der Waals surface area (Å²) in [5, 5.41) is 5.58. The lowest BCUT2D eigenvalue weighted by Crippen LogP contribution is -2.18. The van der Waals surface area contributed by atoms with Crippen LogP contribution in [0.15, 0.2) is 29.6 Å². The third-order valence-electron chi connectivity index (χ3n) is 2.48. The van der Waals surface area contributed by atoms with Gasteiger partial charge in [0.15, 0.2) is 0 Å². The minimum absolute atomic E-state index is 0.132. The van der Waals surface area contributed by atoms with Crippen molar-refractivity contribution in [1.82, 2.24) is 5.32 Å². The zero-order valence-electron chi connectivity index (χ0n) is 9.01. The monoisotopic (exact) mass is 381 g/mol. The Kier molecular flexibility index (Phi) is 4.41. The molecule has 0 aliphatic carbocycles. The summed E-state index contributed by atoms with van der Waals surface area (Å²) >= 11 is 9.66. The predicted octanol–water partition coefficient (Wildman–Crippen LogP) is 4.45. The Bertz CT molecular complexity index is 529. The molecular weight excluding hydrogens is 372 g/mol. The van der Waals surface area contributed by atoms with E-state index in [1.807, 2.05) is 12.4 Å². The van der Waals surface area contributed by atoms with Crippen LogP contribution in [0.5, 0.6) is 0 Å². The maximum absolute atomic E-state index is 13.9. The van der Waals surface area contributed by atoms with Crippen LogP contribution in [0.4, 0.5) is 4.39 Å². The fourth-order valence-electron chi connectivity index (χ4n) is 1.71. The van der Waals surface area contributed by atoms with Gasteiger partial charge >= 0.3 is 0 Å². The number of rotatable bonds is 3. The number of thiophene rings is 1. The summed E-state index contributed by atoms with van der Waals surface area (Å²) in [4.78, 5) is 0. The Hall–Kier alpha value is -0.170. The maximum atomic E-state index is 13.9. The summed E-state index contributed by atoms with van der Waals surface area (Å²) in [7, 11) is 1.82. The molecule has 1 heterocycles. The van der Waals surface area contributed by atoms with Gasteiger partial charge in [0.05, 0.1) is 8.93 Å². The Balaban J connectivity index is 2.42. The first-order valence-corrected chi connectivity index (χ1v) is 7.31. The van der Waals surface area contributed by atoms with Gasteiger partial charge in [-0.3, -0.25) is 0 Å². The summed E-state index contributed by atoms with van der Waals surface area (Å²) in [5.41, 5.74) is 1.69. The molecular formula is C12H10ClFINS. The highest BCUT2D eigenvalue weighted by Gasteiger charge is 2.17. The van der Waals surface area contributed by atoms with Crippen LogP contribution in [-0.4, -0.2) is 7.05 Å². The Morgan fingerprint density at radius 1 is 1.41 bits per heavy atom. The molecule has 17 heavy (non-hydrogen) atoms. The van der Waals surface area contributed by atoms with Crippen LogP contribution in [0.3, 0.4) is 0 Å². The third kappa shape index (κ3) is 2.99. The molecule has 0 spiro atoms. The summed E-state index contributed by atoms with van der Waals surface area (Å²) in [6.45, 7) is 0. The predicted molar refractivity (Wildman–Crippen MR) is 79.3 cm³/mol. The van der Waals surface area contributed by atoms with Crippen molar-refractivity contribution in [2.45, 2.75) is 6.04 Å². The zero-order chi connectivity index (χ0) is 12.4. The molecule has 1 atom stereocenters. The van der Waals surface area contributed by atoms with Gasteiger partial charge in [0, 0.05) is 10.6 Å². The van der Waals surface area contributed by atoms with E-state index in [-0.39, 0.29) is 11.9 Å². The molecule has 2 aromatic rings. The van der Waals surface area contributed by atoms with Crippen LogP contribution >= 0.6 is 45.5 Å². The van der Waals surface area contributed by atoms with E-state index in [9.17, 15) is 4.39 Å². The number of benzene rings is 1. The first-order valence-electron chi connectivity index (χ1n) is 4.98. The molecule has 2 rings (SSSR count). The van der Waals surface area contributed by atoms with Crippen molar-refractivity contribution in [3.8, 4) is 0 Å². The van der Waals surface area contributed by atoms with Crippen LogP contribution in [0.2, 0.25) is 5.02 Å². The second kappa shape index (κ2) is 5.65. The smallest absolute Gasteiger partial charge is 0.129 e. The first-order chi connectivity index (χ1) is 8.11. The molecule has 0 saturated heterocycles. The van der Waals surface area contributed by atoms with E-state index < -0.39 is 0 Å². The summed E-state index contributed by atoms with van der Waals surface area (Å²) in [5.74, 6) is -0.280. The highest BCUT2D eigenvalue weighted by Crippen LogP contribution is 2.29. The molecule has 0 fully saturated rings. The van der Waals surface area contributed by atoms with Crippen LogP contribution in [0, 0.1) is 8.70 Å². The van der Waals surface area contributed by atoms with Crippen molar-refractivity contribution in [3.63, 3.8) is 0 Å². The second-order valence-corrected chi connectivity index (χ2v) is 6.81. The van der Waals surface area contributed by atoms with E-state index >= 15 is 0 Å². The van der Waals surface area contributed by atoms with Crippen molar-refractivity contribution in [3.05, 3.63) is 54.5 Å². The number of hydrogen-bond acceptors (Lipinski definition) is 2. The molecule has 0 aliphatic heterocycles. The summed E-state index contributed by atoms with van der Waals surface area (Å²) in [6.07, 6.45) is 0. The zero-order valence-corrected chi connectivity index (χ0v) is 12.7. The van der Waals surface area contributed by atoms with E-state index in [0.717, 1.165) is 5.56 Å². The topological polar surface area (TPSA) is 12.0 Å². The highest BCUT2D eigenvalue weighted by molar-refractivity contribution is 14.1. The number of halogens is 3. The molecule has 0 radical (unpaired) electrons. The fourth-order valence-corrected chi connectivity index (χ4v) is 3.27. The van der Waals surface area contributed by atoms with Gasteiger partial charge < -0.3 is 5.32 Å². The summed E-state index contributed by atoms with van der Waals surface area (Å²) in [6, 6.07) is 6.70. The van der Waals surface area contributed by atoms with Crippen LogP contribution in [-0.2, 0) is 0 Å². The molecule has 5 heteroatoms. The van der Waals surface area contributed by atoms with Crippen molar-refractivity contribution in [2.24, 2.45) is 0 Å². The Labute approximate surface area is 122 Å². The van der Waals surface area contributed by atoms with Crippen molar-refractivity contribution in [2.75, 3.05) is 7.05 Å². The standard InChI is InChI=1S/C12H10ClFINS/c1-16-12(7-4-11(15)17-6-7)9-3-2-8(13)5-10(9)14/h2-6,12,16H,1H3. The van der Waals surface area contributed by atoms with Crippen LogP contribution in [0.25, 0.3) is 0 Å². The minimum Gasteiger partial charge on any atom is -0.309 e. The van der Waals surface area contributed by atoms with Gasteiger partial charge in [0.1, 0.15) is 5.82 Å². The van der Waals surface area contributed by atoms with Gasteiger partial charge in [-0.05, 0) is 58.8 Å². The van der Waals surface area contributed by atoms with Gasteiger partial charge in [0.25, 0.3) is 0 Å². The average Bonchev–Trinajstić information content (AvgIpc) is 2.69. The van der Waals surface area contributed by atoms with E-state index in [1.54, 1.807) is 23.5 Å². The summed E-state index contributed by atoms with van der Waals surface area (Å²) < 4.78 is 15.0. The fraction of sp³-hybridized carbons (Fsp3) is 0.167. The molecule has 0 saturated carbocycles. The highest BCUT2D eigenvalue weighted by atomic mass is 127. The Morgan fingerprint density at radius 2 is 2.18 bits per heavy atom. The largest absolute Gasteiger partial charge is 0.309 e. The van der Waals surface area contributed by atoms with E-state index in [2.05, 4.69) is 34.0 Å².